The molecule has 1 aliphatic rings. The van der Waals surface area contributed by atoms with Crippen LogP contribution in [-0.4, -0.2) is 28.0 Å². The molecule has 0 atom stereocenters. The number of hydrogen-bond acceptors (Lipinski definition) is 5. The van der Waals surface area contributed by atoms with Gasteiger partial charge in [0.15, 0.2) is 5.65 Å². The lowest BCUT2D eigenvalue weighted by atomic mass is 10.1. The van der Waals surface area contributed by atoms with Gasteiger partial charge in [-0.2, -0.15) is 5.10 Å². The minimum Gasteiger partial charge on any atom is -0.262 e. The lowest BCUT2D eigenvalue weighted by Crippen LogP contribution is -2.12. The number of primary sulfonamides is 1. The fourth-order valence-electron chi connectivity index (χ4n) is 3.29. The van der Waals surface area contributed by atoms with Crippen LogP contribution in [-0.2, 0) is 10.0 Å². The number of aromatic nitrogens is 4. The fourth-order valence-corrected chi connectivity index (χ4v) is 3.92. The topological polar surface area (TPSA) is 103 Å². The first-order valence-corrected chi connectivity index (χ1v) is 11.5. The largest absolute Gasteiger partial charge is 0.262 e. The summed E-state index contributed by atoms with van der Waals surface area (Å²) in [5.41, 5.74) is 4.60. The van der Waals surface area contributed by atoms with Gasteiger partial charge in [-0.3, -0.25) is 4.98 Å². The molecular weight excluding hydrogens is 434 g/mol. The Bertz CT molecular complexity index is 1480. The van der Waals surface area contributed by atoms with E-state index in [9.17, 15) is 8.42 Å². The van der Waals surface area contributed by atoms with Crippen LogP contribution in [0.25, 0.3) is 16.9 Å². The van der Waals surface area contributed by atoms with E-state index in [-0.39, 0.29) is 4.90 Å². The van der Waals surface area contributed by atoms with Gasteiger partial charge >= 0.3 is 0 Å². The molecule has 3 aromatic heterocycles. The fraction of sp³-hybridized carbons (Fsp3) is 0.136. The van der Waals surface area contributed by atoms with Gasteiger partial charge in [-0.1, -0.05) is 35.6 Å². The minimum absolute atomic E-state index is 0.0849. The summed E-state index contributed by atoms with van der Waals surface area (Å²) in [6, 6.07) is 11.0. The molecule has 4 aromatic rings. The molecule has 0 amide bonds. The maximum absolute atomic E-state index is 11.6. The van der Waals surface area contributed by atoms with Crippen molar-refractivity contribution in [1.82, 2.24) is 19.6 Å². The minimum atomic E-state index is -3.85. The van der Waals surface area contributed by atoms with Gasteiger partial charge in [-0.05, 0) is 37.1 Å². The number of nitrogens with zero attached hydrogens (tertiary/aromatic N) is 4. The Labute approximate surface area is 184 Å². The third-order valence-electron chi connectivity index (χ3n) is 5.02. The van der Waals surface area contributed by atoms with E-state index in [1.165, 1.54) is 18.5 Å². The normalized spacial score (nSPS) is 13.7. The van der Waals surface area contributed by atoms with Crippen molar-refractivity contribution in [2.24, 2.45) is 5.14 Å². The molecule has 1 aliphatic carbocycles. The molecule has 5 rings (SSSR count). The molecule has 0 saturated heterocycles. The summed E-state index contributed by atoms with van der Waals surface area (Å²) in [4.78, 5) is 8.62. The van der Waals surface area contributed by atoms with Gasteiger partial charge in [0.2, 0.25) is 10.0 Å². The molecule has 0 aliphatic heterocycles. The highest BCUT2D eigenvalue weighted by molar-refractivity contribution is 7.89. The maximum atomic E-state index is 11.6. The molecule has 31 heavy (non-hydrogen) atoms. The van der Waals surface area contributed by atoms with Crippen molar-refractivity contribution in [3.8, 4) is 23.1 Å². The Kier molecular flexibility index (Phi) is 4.74. The molecule has 0 spiro atoms. The number of fused-ring (bicyclic) bond motifs is 1. The summed E-state index contributed by atoms with van der Waals surface area (Å²) in [6.07, 6.45) is 6.58. The molecule has 9 heteroatoms. The van der Waals surface area contributed by atoms with Gasteiger partial charge in [0.1, 0.15) is 4.90 Å². The van der Waals surface area contributed by atoms with E-state index in [4.69, 9.17) is 21.7 Å². The van der Waals surface area contributed by atoms with Crippen LogP contribution in [0.2, 0.25) is 5.02 Å². The van der Waals surface area contributed by atoms with Gasteiger partial charge in [0, 0.05) is 40.2 Å². The van der Waals surface area contributed by atoms with Crippen molar-refractivity contribution in [2.45, 2.75) is 23.7 Å². The second-order valence-corrected chi connectivity index (χ2v) is 9.34. The molecule has 154 valence electrons. The zero-order valence-corrected chi connectivity index (χ0v) is 17.7. The number of rotatable bonds is 3. The number of halogens is 1. The Balaban J connectivity index is 1.61. The van der Waals surface area contributed by atoms with Crippen molar-refractivity contribution in [1.29, 1.82) is 0 Å². The highest BCUT2D eigenvalue weighted by Crippen LogP contribution is 2.41. The average Bonchev–Trinajstić information content (AvgIpc) is 3.52. The van der Waals surface area contributed by atoms with Crippen LogP contribution in [0.5, 0.6) is 0 Å². The van der Waals surface area contributed by atoms with Crippen molar-refractivity contribution in [3.05, 3.63) is 76.8 Å². The van der Waals surface area contributed by atoms with Crippen LogP contribution in [0.3, 0.4) is 0 Å². The molecule has 0 unspecified atom stereocenters. The third kappa shape index (κ3) is 4.03. The number of nitrogens with two attached hydrogens (primary N) is 1. The summed E-state index contributed by atoms with van der Waals surface area (Å²) < 4.78 is 24.9. The van der Waals surface area contributed by atoms with E-state index >= 15 is 0 Å². The summed E-state index contributed by atoms with van der Waals surface area (Å²) in [5.74, 6) is 6.44. The summed E-state index contributed by atoms with van der Waals surface area (Å²) >= 11 is 6.03. The molecule has 0 bridgehead atoms. The molecule has 0 radical (unpaired) electrons. The third-order valence-corrected chi connectivity index (χ3v) is 6.15. The average molecular weight is 450 g/mol. The number of benzene rings is 1. The SMILES string of the molecule is NS(=O)(=O)c1cncc(C#Cc2cnn3c(C4CC4)cc(-c4ccc(Cl)cc4)nc23)c1. The highest BCUT2D eigenvalue weighted by atomic mass is 35.5. The number of hydrogen-bond donors (Lipinski definition) is 1. The van der Waals surface area contributed by atoms with Gasteiger partial charge in [0.25, 0.3) is 0 Å². The Morgan fingerprint density at radius 2 is 1.84 bits per heavy atom. The van der Waals surface area contributed by atoms with E-state index in [0.29, 0.717) is 27.7 Å². The van der Waals surface area contributed by atoms with Crippen LogP contribution >= 0.6 is 11.6 Å². The van der Waals surface area contributed by atoms with E-state index in [1.54, 1.807) is 6.20 Å². The zero-order valence-electron chi connectivity index (χ0n) is 16.2. The van der Waals surface area contributed by atoms with Gasteiger partial charge in [0.05, 0.1) is 17.5 Å². The molecule has 1 fully saturated rings. The summed E-state index contributed by atoms with van der Waals surface area (Å²) in [5, 5.41) is 10.3. The van der Waals surface area contributed by atoms with Crippen LogP contribution in [0.4, 0.5) is 0 Å². The Morgan fingerprint density at radius 1 is 1.06 bits per heavy atom. The van der Waals surface area contributed by atoms with Gasteiger partial charge in [-0.25, -0.2) is 23.1 Å². The van der Waals surface area contributed by atoms with Gasteiger partial charge < -0.3 is 0 Å². The second kappa shape index (κ2) is 7.46. The predicted octanol–water partition coefficient (Wildman–Crippen LogP) is 3.37. The molecular formula is C22H16ClN5O2S. The maximum Gasteiger partial charge on any atom is 0.239 e. The van der Waals surface area contributed by atoms with E-state index in [1.807, 2.05) is 28.8 Å². The van der Waals surface area contributed by atoms with Crippen molar-refractivity contribution >= 4 is 27.3 Å². The summed E-state index contributed by atoms with van der Waals surface area (Å²) in [7, 11) is -3.85. The molecule has 1 aromatic carbocycles. The van der Waals surface area contributed by atoms with Crippen LogP contribution in [0.1, 0.15) is 35.6 Å². The highest BCUT2D eigenvalue weighted by Gasteiger charge is 2.28. The molecule has 3 heterocycles. The van der Waals surface area contributed by atoms with E-state index in [0.717, 1.165) is 29.8 Å². The first kappa shape index (κ1) is 19.7. The van der Waals surface area contributed by atoms with Gasteiger partial charge in [-0.15, -0.1) is 0 Å². The summed E-state index contributed by atoms with van der Waals surface area (Å²) in [6.45, 7) is 0. The van der Waals surface area contributed by atoms with Crippen molar-refractivity contribution in [2.75, 3.05) is 0 Å². The lowest BCUT2D eigenvalue weighted by molar-refractivity contribution is 0.597. The molecule has 2 N–H and O–H groups in total. The van der Waals surface area contributed by atoms with Crippen LogP contribution < -0.4 is 5.14 Å². The molecule has 1 saturated carbocycles. The standard InChI is InChI=1S/C22H16ClN5O2S/c23-18-7-5-15(6-8-18)20-10-21(16-3-4-16)28-22(27-20)17(12-26-28)2-1-14-9-19(13-25-11-14)31(24,29)30/h5-13,16H,3-4H2,(H2,24,29,30). The van der Waals surface area contributed by atoms with Crippen LogP contribution in [0, 0.1) is 11.8 Å². The van der Waals surface area contributed by atoms with E-state index in [2.05, 4.69) is 28.0 Å². The van der Waals surface area contributed by atoms with Crippen molar-refractivity contribution in [3.63, 3.8) is 0 Å². The first-order valence-electron chi connectivity index (χ1n) is 9.53. The Morgan fingerprint density at radius 3 is 2.55 bits per heavy atom. The first-order chi connectivity index (χ1) is 14.9. The number of sulfonamides is 1. The zero-order chi connectivity index (χ0) is 21.6. The predicted molar refractivity (Wildman–Crippen MR) is 117 cm³/mol. The van der Waals surface area contributed by atoms with Crippen molar-refractivity contribution < 1.29 is 8.42 Å². The lowest BCUT2D eigenvalue weighted by Gasteiger charge is -2.08. The molecule has 7 nitrogen and oxygen atoms in total. The smallest absolute Gasteiger partial charge is 0.239 e. The Hall–Kier alpha value is -3.25. The van der Waals surface area contributed by atoms with Crippen LogP contribution in [0.15, 0.2) is 59.9 Å². The quantitative estimate of drug-likeness (QED) is 0.483. The number of pyridine rings is 1. The monoisotopic (exact) mass is 449 g/mol. The van der Waals surface area contributed by atoms with E-state index < -0.39 is 10.0 Å². The second-order valence-electron chi connectivity index (χ2n) is 7.35.